The molecular weight excluding hydrogens is 244 g/mol. The summed E-state index contributed by atoms with van der Waals surface area (Å²) in [5.41, 5.74) is 0.405. The van der Waals surface area contributed by atoms with Crippen molar-refractivity contribution in [2.24, 2.45) is 7.05 Å². The fraction of sp³-hybridized carbons (Fsp3) is 0.500. The Morgan fingerprint density at radius 2 is 2.11 bits per heavy atom. The van der Waals surface area contributed by atoms with Crippen LogP contribution in [0.3, 0.4) is 0 Å². The monoisotopic (exact) mass is 262 g/mol. The second-order valence-corrected chi connectivity index (χ2v) is 4.71. The summed E-state index contributed by atoms with van der Waals surface area (Å²) in [6.45, 7) is 5.88. The number of hydrogen-bond acceptors (Lipinski definition) is 4. The molecule has 0 bridgehead atoms. The molecule has 2 aromatic heterocycles. The summed E-state index contributed by atoms with van der Waals surface area (Å²) in [6.07, 6.45) is 3.26. The molecule has 1 amide bonds. The highest BCUT2D eigenvalue weighted by Gasteiger charge is 2.17. The molecule has 0 unspecified atom stereocenters. The Bertz CT molecular complexity index is 570. The predicted octanol–water partition coefficient (Wildman–Crippen LogP) is 1.08. The molecule has 0 aromatic carbocycles. The molecule has 2 rings (SSSR count). The molecule has 0 aliphatic heterocycles. The molecule has 2 aromatic rings. The van der Waals surface area contributed by atoms with Crippen molar-refractivity contribution in [3.8, 4) is 0 Å². The average Bonchev–Trinajstić information content (AvgIpc) is 2.96. The van der Waals surface area contributed by atoms with Crippen LogP contribution in [0.25, 0.3) is 0 Å². The first-order valence-corrected chi connectivity index (χ1v) is 6.19. The molecule has 1 N–H and O–H groups in total. The Morgan fingerprint density at radius 3 is 2.63 bits per heavy atom. The number of carbonyl (C=O) groups is 1. The van der Waals surface area contributed by atoms with E-state index in [1.165, 1.54) is 6.33 Å². The summed E-state index contributed by atoms with van der Waals surface area (Å²) < 4.78 is 3.39. The summed E-state index contributed by atoms with van der Waals surface area (Å²) in [5.74, 6) is 0.492. The fourth-order valence-electron chi connectivity index (χ4n) is 1.78. The van der Waals surface area contributed by atoms with Crippen LogP contribution in [0.15, 0.2) is 18.6 Å². The number of aromatic nitrogens is 5. The number of amides is 1. The zero-order chi connectivity index (χ0) is 14.0. The van der Waals surface area contributed by atoms with Crippen LogP contribution in [0.4, 0.5) is 0 Å². The summed E-state index contributed by atoms with van der Waals surface area (Å²) in [7, 11) is 1.79. The first-order chi connectivity index (χ1) is 8.99. The Kier molecular flexibility index (Phi) is 3.64. The van der Waals surface area contributed by atoms with Gasteiger partial charge in [-0.25, -0.2) is 4.98 Å². The van der Waals surface area contributed by atoms with Gasteiger partial charge >= 0.3 is 0 Å². The molecule has 0 aliphatic carbocycles. The van der Waals surface area contributed by atoms with Crippen LogP contribution < -0.4 is 5.32 Å². The van der Waals surface area contributed by atoms with Gasteiger partial charge in [0.25, 0.3) is 5.91 Å². The molecule has 0 fully saturated rings. The molecule has 2 heterocycles. The number of nitrogens with one attached hydrogen (secondary N) is 1. The molecule has 7 heteroatoms. The van der Waals surface area contributed by atoms with Crippen LogP contribution in [-0.2, 0) is 7.05 Å². The largest absolute Gasteiger partial charge is 0.341 e. The van der Waals surface area contributed by atoms with Crippen molar-refractivity contribution in [2.45, 2.75) is 32.9 Å². The van der Waals surface area contributed by atoms with E-state index < -0.39 is 0 Å². The van der Waals surface area contributed by atoms with E-state index in [0.717, 1.165) is 0 Å². The van der Waals surface area contributed by atoms with Crippen molar-refractivity contribution in [3.63, 3.8) is 0 Å². The maximum atomic E-state index is 12.1. The van der Waals surface area contributed by atoms with Gasteiger partial charge in [0.15, 0.2) is 0 Å². The highest BCUT2D eigenvalue weighted by Crippen LogP contribution is 2.09. The molecule has 0 saturated heterocycles. The van der Waals surface area contributed by atoms with Crippen molar-refractivity contribution >= 4 is 5.91 Å². The van der Waals surface area contributed by atoms with Crippen LogP contribution in [0.2, 0.25) is 0 Å². The topological polar surface area (TPSA) is 77.6 Å². The maximum Gasteiger partial charge on any atom is 0.272 e. The molecule has 0 radical (unpaired) electrons. The van der Waals surface area contributed by atoms with Crippen LogP contribution in [0, 0.1) is 0 Å². The van der Waals surface area contributed by atoms with E-state index in [9.17, 15) is 4.79 Å². The van der Waals surface area contributed by atoms with Gasteiger partial charge < -0.3 is 5.32 Å². The van der Waals surface area contributed by atoms with Crippen LogP contribution in [0.5, 0.6) is 0 Å². The number of nitrogens with zero attached hydrogens (tertiary/aromatic N) is 5. The van der Waals surface area contributed by atoms with Gasteiger partial charge in [0, 0.05) is 19.3 Å². The molecule has 0 saturated carbocycles. The van der Waals surface area contributed by atoms with E-state index in [4.69, 9.17) is 0 Å². The number of rotatable bonds is 4. The van der Waals surface area contributed by atoms with Crippen molar-refractivity contribution in [3.05, 3.63) is 30.1 Å². The normalized spacial score (nSPS) is 12.7. The lowest BCUT2D eigenvalue weighted by atomic mass is 10.3. The number of hydrogen-bond donors (Lipinski definition) is 1. The fourth-order valence-corrected chi connectivity index (χ4v) is 1.78. The second kappa shape index (κ2) is 5.21. The van der Waals surface area contributed by atoms with Crippen molar-refractivity contribution in [2.75, 3.05) is 0 Å². The summed E-state index contributed by atoms with van der Waals surface area (Å²) >= 11 is 0. The van der Waals surface area contributed by atoms with Gasteiger partial charge in [0.05, 0.1) is 6.04 Å². The highest BCUT2D eigenvalue weighted by atomic mass is 16.2. The van der Waals surface area contributed by atoms with E-state index in [-0.39, 0.29) is 18.0 Å². The van der Waals surface area contributed by atoms with Gasteiger partial charge in [-0.1, -0.05) is 0 Å². The van der Waals surface area contributed by atoms with Crippen molar-refractivity contribution < 1.29 is 4.79 Å². The SMILES string of the molecule is CC(C)n1ccc(C(=O)N[C@@H](C)c2ncnn2C)n1. The van der Waals surface area contributed by atoms with Crippen molar-refractivity contribution in [1.82, 2.24) is 29.9 Å². The smallest absolute Gasteiger partial charge is 0.272 e. The number of carbonyl (C=O) groups excluding carboxylic acids is 1. The minimum Gasteiger partial charge on any atom is -0.341 e. The lowest BCUT2D eigenvalue weighted by Gasteiger charge is -2.11. The summed E-state index contributed by atoms with van der Waals surface area (Å²) in [4.78, 5) is 16.2. The van der Waals surface area contributed by atoms with E-state index in [0.29, 0.717) is 11.5 Å². The van der Waals surface area contributed by atoms with Crippen LogP contribution in [0.1, 0.15) is 49.2 Å². The van der Waals surface area contributed by atoms with E-state index >= 15 is 0 Å². The third-order valence-corrected chi connectivity index (χ3v) is 2.85. The third kappa shape index (κ3) is 2.81. The van der Waals surface area contributed by atoms with Gasteiger partial charge in [-0.05, 0) is 26.8 Å². The standard InChI is InChI=1S/C12H18N6O/c1-8(2)18-6-5-10(16-18)12(19)15-9(3)11-13-7-14-17(11)4/h5-9H,1-4H3,(H,15,19)/t9-/m0/s1. The summed E-state index contributed by atoms with van der Waals surface area (Å²) in [6, 6.07) is 1.72. The lowest BCUT2D eigenvalue weighted by Crippen LogP contribution is -2.29. The van der Waals surface area contributed by atoms with Gasteiger partial charge in [-0.2, -0.15) is 10.2 Å². The lowest BCUT2D eigenvalue weighted by molar-refractivity contribution is 0.0931. The van der Waals surface area contributed by atoms with Crippen LogP contribution >= 0.6 is 0 Å². The molecule has 1 atom stereocenters. The first kappa shape index (κ1) is 13.3. The quantitative estimate of drug-likeness (QED) is 0.894. The van der Waals surface area contributed by atoms with E-state index in [1.807, 2.05) is 20.8 Å². The Morgan fingerprint density at radius 1 is 1.37 bits per heavy atom. The Labute approximate surface area is 111 Å². The zero-order valence-corrected chi connectivity index (χ0v) is 11.5. The highest BCUT2D eigenvalue weighted by molar-refractivity contribution is 5.92. The molecule has 19 heavy (non-hydrogen) atoms. The Hall–Kier alpha value is -2.18. The van der Waals surface area contributed by atoms with Crippen molar-refractivity contribution in [1.29, 1.82) is 0 Å². The Balaban J connectivity index is 2.06. The molecule has 7 nitrogen and oxygen atoms in total. The molecular formula is C12H18N6O. The third-order valence-electron chi connectivity index (χ3n) is 2.85. The molecule has 0 spiro atoms. The van der Waals surface area contributed by atoms with Gasteiger partial charge in [0.1, 0.15) is 17.8 Å². The zero-order valence-electron chi connectivity index (χ0n) is 11.5. The van der Waals surface area contributed by atoms with Gasteiger partial charge in [-0.15, -0.1) is 0 Å². The second-order valence-electron chi connectivity index (χ2n) is 4.71. The van der Waals surface area contributed by atoms with E-state index in [2.05, 4.69) is 20.5 Å². The van der Waals surface area contributed by atoms with Gasteiger partial charge in [0.2, 0.25) is 0 Å². The predicted molar refractivity (Wildman–Crippen MR) is 69.5 cm³/mol. The molecule has 102 valence electrons. The minimum atomic E-state index is -0.218. The average molecular weight is 262 g/mol. The van der Waals surface area contributed by atoms with E-state index in [1.54, 1.807) is 28.7 Å². The summed E-state index contributed by atoms with van der Waals surface area (Å²) in [5, 5.41) is 11.1. The van der Waals surface area contributed by atoms with Gasteiger partial charge in [-0.3, -0.25) is 14.2 Å². The molecule has 0 aliphatic rings. The van der Waals surface area contributed by atoms with Crippen LogP contribution in [-0.4, -0.2) is 30.5 Å². The first-order valence-electron chi connectivity index (χ1n) is 6.19. The number of aryl methyl sites for hydroxylation is 1. The maximum absolute atomic E-state index is 12.1. The minimum absolute atomic E-state index is 0.213.